The minimum Gasteiger partial charge on any atom is -0.299 e. The van der Waals surface area contributed by atoms with Crippen LogP contribution in [0.4, 0.5) is 8.78 Å². The molecule has 0 saturated carbocycles. The van der Waals surface area contributed by atoms with Gasteiger partial charge in [0, 0.05) is 24.5 Å². The average Bonchev–Trinajstić information content (AvgIpc) is 2.28. The molecule has 1 aromatic rings. The summed E-state index contributed by atoms with van der Waals surface area (Å²) >= 11 is 3.50. The Balaban J connectivity index is 2.00. The van der Waals surface area contributed by atoms with E-state index in [1.54, 1.807) is 0 Å². The largest absolute Gasteiger partial charge is 0.299 e. The fourth-order valence-corrected chi connectivity index (χ4v) is 2.91. The summed E-state index contributed by atoms with van der Waals surface area (Å²) in [5, 5.41) is 1.00. The number of likely N-dealkylation sites (tertiary alicyclic amines) is 1. The van der Waals surface area contributed by atoms with Crippen LogP contribution in [-0.2, 0) is 6.54 Å². The van der Waals surface area contributed by atoms with Crippen LogP contribution in [0.3, 0.4) is 0 Å². The summed E-state index contributed by atoms with van der Waals surface area (Å²) in [6, 6.07) is 3.75. The van der Waals surface area contributed by atoms with Crippen LogP contribution < -0.4 is 0 Å². The molecule has 1 nitrogen and oxygen atoms in total. The smallest absolute Gasteiger partial charge is 0.126 e. The summed E-state index contributed by atoms with van der Waals surface area (Å²) in [6.45, 7) is 2.66. The molecule has 2 rings (SSSR count). The van der Waals surface area contributed by atoms with Crippen molar-refractivity contribution < 1.29 is 8.78 Å². The van der Waals surface area contributed by atoms with Gasteiger partial charge in [-0.15, -0.1) is 0 Å². The van der Waals surface area contributed by atoms with E-state index < -0.39 is 11.6 Å². The third-order valence-electron chi connectivity index (χ3n) is 3.15. The molecule has 0 spiro atoms. The maximum Gasteiger partial charge on any atom is 0.126 e. The minimum atomic E-state index is -0.492. The van der Waals surface area contributed by atoms with Crippen molar-refractivity contribution in [1.82, 2.24) is 4.90 Å². The minimum absolute atomic E-state index is 0.492. The van der Waals surface area contributed by atoms with Gasteiger partial charge in [-0.2, -0.15) is 0 Å². The van der Waals surface area contributed by atoms with Gasteiger partial charge < -0.3 is 0 Å². The molecule has 1 aliphatic rings. The Labute approximate surface area is 109 Å². The second-order valence-corrected chi connectivity index (χ2v) is 5.32. The Bertz CT molecular complexity index is 363. The predicted octanol–water partition coefficient (Wildman–Crippen LogP) is 3.57. The molecule has 1 fully saturated rings. The lowest BCUT2D eigenvalue weighted by Crippen LogP contribution is -2.35. The van der Waals surface area contributed by atoms with Gasteiger partial charge >= 0.3 is 0 Å². The van der Waals surface area contributed by atoms with Crippen LogP contribution in [0.1, 0.15) is 18.4 Å². The standard InChI is InChI=1S/C13H16BrF2N/c14-7-10-2-1-3-17(8-10)9-11-4-12(15)6-13(16)5-11/h4-6,10H,1-3,7-9H2. The molecule has 1 atom stereocenters. The number of alkyl halides is 1. The quantitative estimate of drug-likeness (QED) is 0.772. The normalized spacial score (nSPS) is 21.7. The molecular weight excluding hydrogens is 288 g/mol. The number of benzene rings is 1. The predicted molar refractivity (Wildman–Crippen MR) is 68.2 cm³/mol. The molecule has 17 heavy (non-hydrogen) atoms. The molecule has 0 amide bonds. The fourth-order valence-electron chi connectivity index (χ4n) is 2.38. The van der Waals surface area contributed by atoms with Gasteiger partial charge in [0.2, 0.25) is 0 Å². The summed E-state index contributed by atoms with van der Waals surface area (Å²) in [5.74, 6) is -0.328. The van der Waals surface area contributed by atoms with Crippen LogP contribution in [0, 0.1) is 17.6 Å². The van der Waals surface area contributed by atoms with Gasteiger partial charge in [0.15, 0.2) is 0 Å². The number of hydrogen-bond acceptors (Lipinski definition) is 1. The Morgan fingerprint density at radius 2 is 1.94 bits per heavy atom. The van der Waals surface area contributed by atoms with Gasteiger partial charge in [0.1, 0.15) is 11.6 Å². The van der Waals surface area contributed by atoms with E-state index in [9.17, 15) is 8.78 Å². The number of halogens is 3. The number of hydrogen-bond donors (Lipinski definition) is 0. The highest BCUT2D eigenvalue weighted by Crippen LogP contribution is 2.20. The van der Waals surface area contributed by atoms with E-state index >= 15 is 0 Å². The highest BCUT2D eigenvalue weighted by molar-refractivity contribution is 9.09. The zero-order chi connectivity index (χ0) is 12.3. The number of piperidine rings is 1. The molecule has 0 bridgehead atoms. The third-order valence-corrected chi connectivity index (χ3v) is 4.07. The Hall–Kier alpha value is -0.480. The Morgan fingerprint density at radius 1 is 1.24 bits per heavy atom. The third kappa shape index (κ3) is 3.75. The molecule has 1 unspecified atom stereocenters. The first-order valence-corrected chi connectivity index (χ1v) is 7.03. The van der Waals surface area contributed by atoms with Crippen molar-refractivity contribution >= 4 is 15.9 Å². The molecule has 1 saturated heterocycles. The van der Waals surface area contributed by atoms with E-state index in [2.05, 4.69) is 20.8 Å². The monoisotopic (exact) mass is 303 g/mol. The lowest BCUT2D eigenvalue weighted by Gasteiger charge is -2.31. The van der Waals surface area contributed by atoms with E-state index in [0.717, 1.165) is 36.5 Å². The first kappa shape index (κ1) is 13.0. The highest BCUT2D eigenvalue weighted by Gasteiger charge is 2.19. The molecule has 1 aliphatic heterocycles. The van der Waals surface area contributed by atoms with Gasteiger partial charge in [0.25, 0.3) is 0 Å². The molecule has 4 heteroatoms. The van der Waals surface area contributed by atoms with Gasteiger partial charge in [0.05, 0.1) is 0 Å². The highest BCUT2D eigenvalue weighted by atomic mass is 79.9. The SMILES string of the molecule is Fc1cc(F)cc(CN2CCCC(CBr)C2)c1. The van der Waals surface area contributed by atoms with Crippen molar-refractivity contribution in [3.05, 3.63) is 35.4 Å². The number of rotatable bonds is 3. The summed E-state index contributed by atoms with van der Waals surface area (Å²) in [7, 11) is 0. The van der Waals surface area contributed by atoms with Gasteiger partial charge in [-0.3, -0.25) is 4.90 Å². The lowest BCUT2D eigenvalue weighted by molar-refractivity contribution is 0.179. The second-order valence-electron chi connectivity index (χ2n) is 4.68. The second kappa shape index (κ2) is 5.91. The molecule has 94 valence electrons. The van der Waals surface area contributed by atoms with Crippen LogP contribution in [0.15, 0.2) is 18.2 Å². The lowest BCUT2D eigenvalue weighted by atomic mass is 10.00. The van der Waals surface area contributed by atoms with Gasteiger partial charge in [-0.25, -0.2) is 8.78 Å². The molecular formula is C13H16BrF2N. The van der Waals surface area contributed by atoms with E-state index in [-0.39, 0.29) is 0 Å². The van der Waals surface area contributed by atoms with Crippen molar-refractivity contribution in [3.8, 4) is 0 Å². The summed E-state index contributed by atoms with van der Waals surface area (Å²) in [6.07, 6.45) is 2.40. The Morgan fingerprint density at radius 3 is 2.59 bits per heavy atom. The van der Waals surface area contributed by atoms with Gasteiger partial charge in [-0.05, 0) is 43.0 Å². The van der Waals surface area contributed by atoms with Crippen LogP contribution in [0.2, 0.25) is 0 Å². The first-order chi connectivity index (χ1) is 8.17. The van der Waals surface area contributed by atoms with Crippen LogP contribution in [-0.4, -0.2) is 23.3 Å². The maximum atomic E-state index is 13.1. The summed E-state index contributed by atoms with van der Waals surface area (Å²) < 4.78 is 26.1. The van der Waals surface area contributed by atoms with E-state index in [4.69, 9.17) is 0 Å². The molecule has 0 radical (unpaired) electrons. The molecule has 1 aromatic carbocycles. The zero-order valence-corrected chi connectivity index (χ0v) is 11.2. The molecule has 1 heterocycles. The van der Waals surface area contributed by atoms with Gasteiger partial charge in [-0.1, -0.05) is 15.9 Å². The van der Waals surface area contributed by atoms with E-state index in [1.165, 1.54) is 18.6 Å². The summed E-state index contributed by atoms with van der Waals surface area (Å²) in [4.78, 5) is 2.27. The van der Waals surface area contributed by atoms with E-state index in [1.807, 2.05) is 0 Å². The topological polar surface area (TPSA) is 3.24 Å². The molecule has 0 aromatic heterocycles. The molecule has 0 N–H and O–H groups in total. The fraction of sp³-hybridized carbons (Fsp3) is 0.538. The van der Waals surface area contributed by atoms with Crippen LogP contribution >= 0.6 is 15.9 Å². The summed E-state index contributed by atoms with van der Waals surface area (Å²) in [5.41, 5.74) is 0.720. The first-order valence-electron chi connectivity index (χ1n) is 5.90. The van der Waals surface area contributed by atoms with Crippen molar-refractivity contribution in [2.75, 3.05) is 18.4 Å². The number of nitrogens with zero attached hydrogens (tertiary/aromatic N) is 1. The van der Waals surface area contributed by atoms with Crippen molar-refractivity contribution in [3.63, 3.8) is 0 Å². The van der Waals surface area contributed by atoms with Crippen molar-refractivity contribution in [2.45, 2.75) is 19.4 Å². The Kier molecular flexibility index (Phi) is 4.51. The molecule has 0 aliphatic carbocycles. The van der Waals surface area contributed by atoms with Crippen LogP contribution in [0.25, 0.3) is 0 Å². The zero-order valence-electron chi connectivity index (χ0n) is 9.63. The maximum absolute atomic E-state index is 13.1. The van der Waals surface area contributed by atoms with Crippen molar-refractivity contribution in [2.24, 2.45) is 5.92 Å². The van der Waals surface area contributed by atoms with Crippen LogP contribution in [0.5, 0.6) is 0 Å². The van der Waals surface area contributed by atoms with E-state index in [0.29, 0.717) is 12.5 Å². The van der Waals surface area contributed by atoms with Crippen molar-refractivity contribution in [1.29, 1.82) is 0 Å². The average molecular weight is 304 g/mol.